The van der Waals surface area contributed by atoms with Gasteiger partial charge in [-0.15, -0.1) is 0 Å². The van der Waals surface area contributed by atoms with Crippen LogP contribution >= 0.6 is 0 Å². The molecule has 1 aliphatic carbocycles. The third-order valence-electron chi connectivity index (χ3n) is 4.90. The number of anilines is 1. The molecule has 1 aromatic heterocycles. The van der Waals surface area contributed by atoms with Crippen molar-refractivity contribution in [2.45, 2.75) is 32.7 Å². The van der Waals surface area contributed by atoms with Crippen molar-refractivity contribution in [3.8, 4) is 0 Å². The average molecular weight is 349 g/mol. The Balaban J connectivity index is 1.92. The first-order chi connectivity index (χ1) is 12.4. The third-order valence-corrected chi connectivity index (χ3v) is 4.90. The van der Waals surface area contributed by atoms with Crippen molar-refractivity contribution >= 4 is 17.6 Å². The van der Waals surface area contributed by atoms with Gasteiger partial charge in [0.2, 0.25) is 5.95 Å². The summed E-state index contributed by atoms with van der Waals surface area (Å²) >= 11 is 0. The summed E-state index contributed by atoms with van der Waals surface area (Å²) in [5, 5.41) is 10.7. The second-order valence-corrected chi connectivity index (χ2v) is 7.52. The highest BCUT2D eigenvalue weighted by Crippen LogP contribution is 2.46. The Morgan fingerprint density at radius 2 is 1.77 bits per heavy atom. The summed E-state index contributed by atoms with van der Waals surface area (Å²) in [5.41, 5.74) is 1.17. The standard InChI is InChI=1S/C20H19N3O3/c1-20(2)10-14(24)16(15(25)11-20)17-12-6-3-4-7-13(12)18(26)23(17)19-21-8-5-9-22-19/h3-9,17,24H,10-11H2,1-2H3. The van der Waals surface area contributed by atoms with Crippen LogP contribution in [0.5, 0.6) is 0 Å². The van der Waals surface area contributed by atoms with Crippen LogP contribution in [-0.4, -0.2) is 26.8 Å². The molecule has 1 atom stereocenters. The van der Waals surface area contributed by atoms with Crippen molar-refractivity contribution in [2.75, 3.05) is 4.90 Å². The molecular formula is C20H19N3O3. The second-order valence-electron chi connectivity index (χ2n) is 7.52. The Bertz CT molecular complexity index is 934. The number of ketones is 1. The van der Waals surface area contributed by atoms with Crippen LogP contribution in [0, 0.1) is 5.41 Å². The van der Waals surface area contributed by atoms with Gasteiger partial charge in [0.25, 0.3) is 5.91 Å². The number of rotatable bonds is 2. The van der Waals surface area contributed by atoms with Crippen LogP contribution < -0.4 is 4.90 Å². The molecule has 132 valence electrons. The predicted octanol–water partition coefficient (Wildman–Crippen LogP) is 3.38. The molecule has 6 nitrogen and oxygen atoms in total. The Hall–Kier alpha value is -3.02. The van der Waals surface area contributed by atoms with Gasteiger partial charge in [-0.2, -0.15) is 0 Å². The minimum Gasteiger partial charge on any atom is -0.512 e. The van der Waals surface area contributed by atoms with Crippen molar-refractivity contribution in [3.05, 3.63) is 65.2 Å². The van der Waals surface area contributed by atoms with Crippen molar-refractivity contribution in [1.82, 2.24) is 9.97 Å². The number of amides is 1. The maximum absolute atomic E-state index is 13.0. The van der Waals surface area contributed by atoms with E-state index in [1.807, 2.05) is 26.0 Å². The molecule has 2 aromatic rings. The molecule has 0 saturated carbocycles. The minimum absolute atomic E-state index is 0.0432. The van der Waals surface area contributed by atoms with Crippen LogP contribution in [0.2, 0.25) is 0 Å². The number of carbonyl (C=O) groups is 2. The van der Waals surface area contributed by atoms with E-state index in [9.17, 15) is 14.7 Å². The monoisotopic (exact) mass is 349 g/mol. The molecule has 0 saturated heterocycles. The van der Waals surface area contributed by atoms with Gasteiger partial charge in [0.1, 0.15) is 5.76 Å². The molecule has 0 spiro atoms. The van der Waals surface area contributed by atoms with Gasteiger partial charge < -0.3 is 5.11 Å². The van der Waals surface area contributed by atoms with E-state index in [4.69, 9.17) is 0 Å². The Labute approximate surface area is 151 Å². The number of benzene rings is 1. The SMILES string of the molecule is CC1(C)CC(=O)C(C2c3ccccc3C(=O)N2c2ncccn2)=C(O)C1. The number of aliphatic hydroxyl groups excluding tert-OH is 1. The summed E-state index contributed by atoms with van der Waals surface area (Å²) in [6.07, 6.45) is 3.82. The predicted molar refractivity (Wildman–Crippen MR) is 95.7 cm³/mol. The van der Waals surface area contributed by atoms with E-state index in [1.54, 1.807) is 30.6 Å². The van der Waals surface area contributed by atoms with E-state index in [0.717, 1.165) is 0 Å². The molecule has 1 aromatic carbocycles. The van der Waals surface area contributed by atoms with Gasteiger partial charge in [-0.05, 0) is 23.1 Å². The third kappa shape index (κ3) is 2.49. The van der Waals surface area contributed by atoms with Gasteiger partial charge in [-0.25, -0.2) is 9.97 Å². The minimum atomic E-state index is -0.704. The number of allylic oxidation sites excluding steroid dienone is 1. The number of nitrogens with zero attached hydrogens (tertiary/aromatic N) is 3. The second kappa shape index (κ2) is 5.76. The average Bonchev–Trinajstić information content (AvgIpc) is 2.87. The molecule has 0 fully saturated rings. The molecule has 4 rings (SSSR count). The number of aliphatic hydroxyl groups is 1. The molecular weight excluding hydrogens is 330 g/mol. The normalized spacial score (nSPS) is 21.9. The van der Waals surface area contributed by atoms with Crippen LogP contribution in [-0.2, 0) is 4.79 Å². The van der Waals surface area contributed by atoms with Crippen molar-refractivity contribution in [3.63, 3.8) is 0 Å². The highest BCUT2D eigenvalue weighted by molar-refractivity contribution is 6.13. The fraction of sp³-hybridized carbons (Fsp3) is 0.300. The van der Waals surface area contributed by atoms with Crippen molar-refractivity contribution < 1.29 is 14.7 Å². The van der Waals surface area contributed by atoms with Crippen LogP contribution in [0.15, 0.2) is 54.1 Å². The molecule has 1 N–H and O–H groups in total. The van der Waals surface area contributed by atoms with E-state index >= 15 is 0 Å². The first kappa shape index (κ1) is 16.4. The number of hydrogen-bond donors (Lipinski definition) is 1. The highest BCUT2D eigenvalue weighted by atomic mass is 16.3. The summed E-state index contributed by atoms with van der Waals surface area (Å²) in [5.74, 6) is -0.151. The molecule has 0 bridgehead atoms. The fourth-order valence-corrected chi connectivity index (χ4v) is 3.83. The summed E-state index contributed by atoms with van der Waals surface area (Å²) in [4.78, 5) is 35.7. The van der Waals surface area contributed by atoms with Crippen LogP contribution in [0.4, 0.5) is 5.95 Å². The zero-order valence-electron chi connectivity index (χ0n) is 14.6. The summed E-state index contributed by atoms with van der Waals surface area (Å²) < 4.78 is 0. The van der Waals surface area contributed by atoms with E-state index in [1.165, 1.54) is 4.90 Å². The quantitative estimate of drug-likeness (QED) is 0.898. The maximum Gasteiger partial charge on any atom is 0.261 e. The molecule has 26 heavy (non-hydrogen) atoms. The fourth-order valence-electron chi connectivity index (χ4n) is 3.83. The van der Waals surface area contributed by atoms with Gasteiger partial charge in [-0.1, -0.05) is 32.0 Å². The number of Topliss-reactive ketones (excluding diaryl/α,β-unsaturated/α-hetero) is 1. The molecule has 1 unspecified atom stereocenters. The summed E-state index contributed by atoms with van der Waals surface area (Å²) in [6.45, 7) is 3.90. The molecule has 1 amide bonds. The number of carbonyl (C=O) groups excluding carboxylic acids is 2. The first-order valence-corrected chi connectivity index (χ1v) is 8.54. The molecule has 2 heterocycles. The lowest BCUT2D eigenvalue weighted by molar-refractivity contribution is -0.118. The van der Waals surface area contributed by atoms with E-state index in [-0.39, 0.29) is 34.4 Å². The van der Waals surface area contributed by atoms with Gasteiger partial charge in [0.15, 0.2) is 5.78 Å². The maximum atomic E-state index is 13.0. The van der Waals surface area contributed by atoms with Crippen LogP contribution in [0.25, 0.3) is 0 Å². The van der Waals surface area contributed by atoms with E-state index < -0.39 is 6.04 Å². The van der Waals surface area contributed by atoms with Crippen molar-refractivity contribution in [1.29, 1.82) is 0 Å². The lowest BCUT2D eigenvalue weighted by atomic mass is 9.74. The summed E-state index contributed by atoms with van der Waals surface area (Å²) in [6, 6.07) is 8.10. The zero-order valence-corrected chi connectivity index (χ0v) is 14.6. The van der Waals surface area contributed by atoms with Crippen molar-refractivity contribution in [2.24, 2.45) is 5.41 Å². The Morgan fingerprint density at radius 3 is 2.46 bits per heavy atom. The first-order valence-electron chi connectivity index (χ1n) is 8.54. The number of hydrogen-bond acceptors (Lipinski definition) is 5. The smallest absolute Gasteiger partial charge is 0.261 e. The molecule has 6 heteroatoms. The number of aromatic nitrogens is 2. The lowest BCUT2D eigenvalue weighted by Crippen LogP contribution is -2.36. The Morgan fingerprint density at radius 1 is 1.08 bits per heavy atom. The molecule has 1 aliphatic heterocycles. The van der Waals surface area contributed by atoms with E-state index in [2.05, 4.69) is 9.97 Å². The Kier molecular flexibility index (Phi) is 3.64. The van der Waals surface area contributed by atoms with Crippen LogP contribution in [0.3, 0.4) is 0 Å². The highest BCUT2D eigenvalue weighted by Gasteiger charge is 2.46. The topological polar surface area (TPSA) is 83.4 Å². The zero-order chi connectivity index (χ0) is 18.5. The van der Waals surface area contributed by atoms with E-state index in [0.29, 0.717) is 24.0 Å². The number of fused-ring (bicyclic) bond motifs is 1. The largest absolute Gasteiger partial charge is 0.512 e. The van der Waals surface area contributed by atoms with Gasteiger partial charge in [0, 0.05) is 30.8 Å². The molecule has 0 radical (unpaired) electrons. The lowest BCUT2D eigenvalue weighted by Gasteiger charge is -2.34. The van der Waals surface area contributed by atoms with Crippen LogP contribution in [0.1, 0.15) is 48.7 Å². The van der Waals surface area contributed by atoms with Gasteiger partial charge in [0.05, 0.1) is 11.6 Å². The molecule has 2 aliphatic rings. The van der Waals surface area contributed by atoms with Gasteiger partial charge in [-0.3, -0.25) is 14.5 Å². The van der Waals surface area contributed by atoms with Gasteiger partial charge >= 0.3 is 0 Å². The summed E-state index contributed by atoms with van der Waals surface area (Å²) in [7, 11) is 0.